The molecule has 0 bridgehead atoms. The number of aryl methyl sites for hydroxylation is 1. The molecule has 0 saturated heterocycles. The van der Waals surface area contributed by atoms with Crippen molar-refractivity contribution < 1.29 is 14.3 Å². The number of methoxy groups -OCH3 is 2. The van der Waals surface area contributed by atoms with E-state index in [0.717, 1.165) is 42.5 Å². The van der Waals surface area contributed by atoms with Gasteiger partial charge < -0.3 is 14.8 Å². The molecule has 0 atom stereocenters. The highest BCUT2D eigenvalue weighted by molar-refractivity contribution is 6.33. The predicted molar refractivity (Wildman–Crippen MR) is 126 cm³/mol. The number of hydrogen-bond donors (Lipinski definition) is 1. The molecule has 1 heterocycles. The first kappa shape index (κ1) is 22.3. The minimum atomic E-state index is -0.0714. The molecule has 7 nitrogen and oxygen atoms in total. The Kier molecular flexibility index (Phi) is 6.46. The van der Waals surface area contributed by atoms with Gasteiger partial charge in [0.2, 0.25) is 5.91 Å². The van der Waals surface area contributed by atoms with Crippen LogP contribution in [0.4, 0.5) is 5.69 Å². The molecule has 3 aromatic rings. The number of carbonyl (C=O) groups excluding carboxylic acids is 1. The summed E-state index contributed by atoms with van der Waals surface area (Å²) in [6.07, 6.45) is 3.33. The van der Waals surface area contributed by atoms with Gasteiger partial charge in [-0.3, -0.25) is 13.9 Å². The van der Waals surface area contributed by atoms with Gasteiger partial charge in [0.05, 0.1) is 36.0 Å². The van der Waals surface area contributed by atoms with Crippen LogP contribution in [0, 0.1) is 11.8 Å². The highest BCUT2D eigenvalue weighted by atomic mass is 35.5. The summed E-state index contributed by atoms with van der Waals surface area (Å²) >= 11 is 6.22. The smallest absolute Gasteiger partial charge is 0.328 e. The van der Waals surface area contributed by atoms with Crippen molar-refractivity contribution in [3.63, 3.8) is 0 Å². The zero-order chi connectivity index (χ0) is 22.8. The average molecular weight is 458 g/mol. The lowest BCUT2D eigenvalue weighted by Gasteiger charge is -2.28. The number of benzene rings is 2. The van der Waals surface area contributed by atoms with E-state index in [1.54, 1.807) is 44.0 Å². The summed E-state index contributed by atoms with van der Waals surface area (Å²) in [6.45, 7) is 0.638. The van der Waals surface area contributed by atoms with Gasteiger partial charge in [-0.1, -0.05) is 11.6 Å². The zero-order valence-electron chi connectivity index (χ0n) is 18.6. The molecule has 32 heavy (non-hydrogen) atoms. The van der Waals surface area contributed by atoms with Gasteiger partial charge in [0, 0.05) is 31.6 Å². The number of halogens is 1. The van der Waals surface area contributed by atoms with E-state index in [2.05, 4.69) is 5.32 Å². The van der Waals surface area contributed by atoms with Crippen LogP contribution in [-0.2, 0) is 18.4 Å². The second kappa shape index (κ2) is 9.28. The van der Waals surface area contributed by atoms with Crippen molar-refractivity contribution in [2.75, 3.05) is 19.5 Å². The quantitative estimate of drug-likeness (QED) is 0.593. The molecule has 0 aliphatic heterocycles. The Morgan fingerprint density at radius 1 is 1.03 bits per heavy atom. The van der Waals surface area contributed by atoms with Gasteiger partial charge in [0.25, 0.3) is 0 Å². The number of nitrogens with one attached hydrogen (secondary N) is 1. The fourth-order valence-electron chi connectivity index (χ4n) is 4.52. The highest BCUT2D eigenvalue weighted by Gasteiger charge is 2.28. The van der Waals surface area contributed by atoms with Gasteiger partial charge in [0.1, 0.15) is 11.5 Å². The van der Waals surface area contributed by atoms with Crippen LogP contribution in [0.25, 0.3) is 11.0 Å². The van der Waals surface area contributed by atoms with Crippen molar-refractivity contribution in [1.29, 1.82) is 0 Å². The van der Waals surface area contributed by atoms with Crippen LogP contribution in [0.5, 0.6) is 11.5 Å². The third-order valence-corrected chi connectivity index (χ3v) is 6.77. The summed E-state index contributed by atoms with van der Waals surface area (Å²) in [5.41, 5.74) is 2.30. The minimum Gasteiger partial charge on any atom is -0.497 e. The topological polar surface area (TPSA) is 74.5 Å². The molecule has 0 unspecified atom stereocenters. The maximum Gasteiger partial charge on any atom is 0.328 e. The number of fused-ring (bicyclic) bond motifs is 1. The number of rotatable bonds is 6. The molecular weight excluding hydrogens is 430 g/mol. The van der Waals surface area contributed by atoms with Crippen LogP contribution >= 0.6 is 11.6 Å². The number of amides is 1. The van der Waals surface area contributed by atoms with Gasteiger partial charge in [-0.05, 0) is 55.9 Å². The number of imidazole rings is 1. The molecule has 1 amide bonds. The number of anilines is 1. The number of hydrogen-bond acceptors (Lipinski definition) is 4. The summed E-state index contributed by atoms with van der Waals surface area (Å²) in [5, 5.41) is 3.43. The fourth-order valence-corrected chi connectivity index (χ4v) is 4.69. The second-order valence-electron chi connectivity index (χ2n) is 8.36. The first-order valence-corrected chi connectivity index (χ1v) is 11.2. The maximum atomic E-state index is 12.8. The SMILES string of the molecule is COc1ccc(Cl)c(NC(=O)C2CCC(Cn3c(=O)n(C)c4ccc(OC)cc43)CC2)c1. The molecule has 1 saturated carbocycles. The summed E-state index contributed by atoms with van der Waals surface area (Å²) < 4.78 is 14.1. The summed E-state index contributed by atoms with van der Waals surface area (Å²) in [5.74, 6) is 1.62. The predicted octanol–water partition coefficient (Wildman–Crippen LogP) is 4.46. The van der Waals surface area contributed by atoms with Crippen molar-refractivity contribution in [3.05, 3.63) is 51.9 Å². The Morgan fingerprint density at radius 2 is 1.69 bits per heavy atom. The molecule has 0 spiro atoms. The average Bonchev–Trinajstić information content (AvgIpc) is 3.05. The first-order valence-electron chi connectivity index (χ1n) is 10.8. The van der Waals surface area contributed by atoms with Gasteiger partial charge in [-0.15, -0.1) is 0 Å². The molecule has 1 aromatic heterocycles. The summed E-state index contributed by atoms with van der Waals surface area (Å²) in [7, 11) is 4.99. The Bertz CT molecular complexity index is 1190. The number of ether oxygens (including phenoxy) is 2. The van der Waals surface area contributed by atoms with Crippen molar-refractivity contribution >= 4 is 34.2 Å². The summed E-state index contributed by atoms with van der Waals surface area (Å²) in [6, 6.07) is 10.9. The van der Waals surface area contributed by atoms with E-state index in [-0.39, 0.29) is 17.5 Å². The van der Waals surface area contributed by atoms with Crippen LogP contribution in [0.3, 0.4) is 0 Å². The van der Waals surface area contributed by atoms with E-state index in [1.807, 2.05) is 22.8 Å². The Labute approximate surface area is 191 Å². The Hall–Kier alpha value is -2.93. The molecule has 1 aliphatic rings. The lowest BCUT2D eigenvalue weighted by molar-refractivity contribution is -0.121. The molecule has 1 fully saturated rings. The van der Waals surface area contributed by atoms with Gasteiger partial charge in [0.15, 0.2) is 0 Å². The molecule has 4 rings (SSSR count). The highest BCUT2D eigenvalue weighted by Crippen LogP contribution is 2.33. The van der Waals surface area contributed by atoms with Crippen LogP contribution in [0.15, 0.2) is 41.2 Å². The van der Waals surface area contributed by atoms with Crippen LogP contribution in [-0.4, -0.2) is 29.3 Å². The minimum absolute atomic E-state index is 0.0225. The fraction of sp³-hybridized carbons (Fsp3) is 0.417. The lowest BCUT2D eigenvalue weighted by atomic mass is 9.81. The lowest BCUT2D eigenvalue weighted by Crippen LogP contribution is -2.31. The van der Waals surface area contributed by atoms with E-state index in [4.69, 9.17) is 21.1 Å². The molecule has 8 heteroatoms. The Morgan fingerprint density at radius 3 is 2.38 bits per heavy atom. The number of nitrogens with zero attached hydrogens (tertiary/aromatic N) is 2. The molecular formula is C24H28ClN3O4. The van der Waals surface area contributed by atoms with E-state index >= 15 is 0 Å². The van der Waals surface area contributed by atoms with Crippen LogP contribution < -0.4 is 20.5 Å². The van der Waals surface area contributed by atoms with Crippen molar-refractivity contribution in [1.82, 2.24) is 9.13 Å². The Balaban J connectivity index is 1.42. The third-order valence-electron chi connectivity index (χ3n) is 6.44. The summed E-state index contributed by atoms with van der Waals surface area (Å²) in [4.78, 5) is 25.6. The van der Waals surface area contributed by atoms with Crippen molar-refractivity contribution in [2.24, 2.45) is 18.9 Å². The standard InChI is InChI=1S/C24H28ClN3O4/c1-27-21-11-9-18(32-3)13-22(21)28(24(27)30)14-15-4-6-16(7-5-15)23(29)26-20-12-17(31-2)8-10-19(20)25/h8-13,15-16H,4-7,14H2,1-3H3,(H,26,29). The zero-order valence-corrected chi connectivity index (χ0v) is 19.3. The van der Waals surface area contributed by atoms with Gasteiger partial charge in [-0.2, -0.15) is 0 Å². The molecule has 170 valence electrons. The van der Waals surface area contributed by atoms with E-state index in [1.165, 1.54) is 0 Å². The third kappa shape index (κ3) is 4.35. The molecule has 1 aliphatic carbocycles. The van der Waals surface area contributed by atoms with E-state index in [9.17, 15) is 9.59 Å². The number of aromatic nitrogens is 2. The molecule has 0 radical (unpaired) electrons. The molecule has 1 N–H and O–H groups in total. The largest absolute Gasteiger partial charge is 0.497 e. The molecule has 2 aromatic carbocycles. The van der Waals surface area contributed by atoms with E-state index in [0.29, 0.717) is 28.9 Å². The van der Waals surface area contributed by atoms with E-state index < -0.39 is 0 Å². The number of carbonyl (C=O) groups is 1. The van der Waals surface area contributed by atoms with Crippen molar-refractivity contribution in [3.8, 4) is 11.5 Å². The van der Waals surface area contributed by atoms with Gasteiger partial charge in [-0.25, -0.2) is 4.79 Å². The first-order chi connectivity index (χ1) is 15.4. The van der Waals surface area contributed by atoms with Crippen LogP contribution in [0.1, 0.15) is 25.7 Å². The van der Waals surface area contributed by atoms with Crippen LogP contribution in [0.2, 0.25) is 5.02 Å². The maximum absolute atomic E-state index is 12.8. The monoisotopic (exact) mass is 457 g/mol. The second-order valence-corrected chi connectivity index (χ2v) is 8.77. The van der Waals surface area contributed by atoms with Gasteiger partial charge >= 0.3 is 5.69 Å². The van der Waals surface area contributed by atoms with Crippen molar-refractivity contribution in [2.45, 2.75) is 32.2 Å². The normalized spacial score (nSPS) is 18.5.